The van der Waals surface area contributed by atoms with Crippen LogP contribution in [-0.2, 0) is 0 Å². The number of hydrogen-bond acceptors (Lipinski definition) is 5. The summed E-state index contributed by atoms with van der Waals surface area (Å²) in [5.41, 5.74) is 1.93. The van der Waals surface area contributed by atoms with E-state index in [9.17, 15) is 15.0 Å². The Morgan fingerprint density at radius 2 is 1.66 bits per heavy atom. The SMILES string of the molecule is O=c1ccc2c([C@@H](O)CNCCCCCCNc3ccccc3)ccc(O)c2[nH]1. The lowest BCUT2D eigenvalue weighted by atomic mass is 10.0. The third-order valence-corrected chi connectivity index (χ3v) is 4.99. The summed E-state index contributed by atoms with van der Waals surface area (Å²) in [6.07, 6.45) is 3.79. The van der Waals surface area contributed by atoms with Gasteiger partial charge in [-0.05, 0) is 49.2 Å². The number of fused-ring (bicyclic) bond motifs is 1. The minimum absolute atomic E-state index is 0.00311. The molecule has 0 unspecified atom stereocenters. The van der Waals surface area contributed by atoms with Crippen molar-refractivity contribution in [1.29, 1.82) is 0 Å². The number of aromatic amines is 1. The molecule has 0 saturated carbocycles. The number of aromatic nitrogens is 1. The maximum atomic E-state index is 11.5. The molecule has 3 aromatic rings. The summed E-state index contributed by atoms with van der Waals surface area (Å²) in [6, 6.07) is 16.5. The van der Waals surface area contributed by atoms with Crippen molar-refractivity contribution in [1.82, 2.24) is 10.3 Å². The molecule has 29 heavy (non-hydrogen) atoms. The van der Waals surface area contributed by atoms with Gasteiger partial charge in [-0.1, -0.05) is 37.1 Å². The summed E-state index contributed by atoms with van der Waals surface area (Å²) in [7, 11) is 0. The van der Waals surface area contributed by atoms with Crippen LogP contribution in [0.15, 0.2) is 59.4 Å². The number of rotatable bonds is 11. The Morgan fingerprint density at radius 1 is 0.897 bits per heavy atom. The number of para-hydroxylation sites is 1. The molecule has 3 rings (SSSR count). The summed E-state index contributed by atoms with van der Waals surface area (Å²) in [5.74, 6) is 0.00311. The summed E-state index contributed by atoms with van der Waals surface area (Å²) in [6.45, 7) is 2.25. The first kappa shape index (κ1) is 20.9. The normalized spacial score (nSPS) is 12.2. The fourth-order valence-electron chi connectivity index (χ4n) is 3.42. The van der Waals surface area contributed by atoms with Crippen molar-refractivity contribution in [3.05, 3.63) is 70.5 Å². The number of anilines is 1. The standard InChI is InChI=1S/C23H29N3O3/c27-20-12-10-18(19-11-13-22(29)26-23(19)20)21(28)16-24-14-6-1-2-7-15-25-17-8-4-3-5-9-17/h3-5,8-13,21,24-25,27-28H,1-2,6-7,14-16H2,(H,26,29)/t21-/m0/s1. The average molecular weight is 396 g/mol. The molecule has 0 radical (unpaired) electrons. The van der Waals surface area contributed by atoms with Crippen LogP contribution in [0.4, 0.5) is 5.69 Å². The van der Waals surface area contributed by atoms with Crippen LogP contribution in [0.25, 0.3) is 10.9 Å². The largest absolute Gasteiger partial charge is 0.506 e. The second-order valence-electron chi connectivity index (χ2n) is 7.21. The van der Waals surface area contributed by atoms with Crippen LogP contribution in [0.5, 0.6) is 5.75 Å². The van der Waals surface area contributed by atoms with Crippen LogP contribution in [0.1, 0.15) is 37.4 Å². The molecule has 0 bridgehead atoms. The molecule has 0 fully saturated rings. The molecule has 2 aromatic carbocycles. The van der Waals surface area contributed by atoms with Gasteiger partial charge in [0.05, 0.1) is 11.6 Å². The number of aliphatic hydroxyl groups is 1. The Bertz CT molecular complexity index is 956. The van der Waals surface area contributed by atoms with Crippen LogP contribution >= 0.6 is 0 Å². The van der Waals surface area contributed by atoms with Gasteiger partial charge >= 0.3 is 0 Å². The Kier molecular flexibility index (Phi) is 7.67. The number of hydrogen-bond donors (Lipinski definition) is 5. The van der Waals surface area contributed by atoms with Gasteiger partial charge in [-0.25, -0.2) is 0 Å². The fraction of sp³-hybridized carbons (Fsp3) is 0.348. The van der Waals surface area contributed by atoms with E-state index in [4.69, 9.17) is 0 Å². The highest BCUT2D eigenvalue weighted by Crippen LogP contribution is 2.28. The van der Waals surface area contributed by atoms with E-state index in [-0.39, 0.29) is 11.3 Å². The summed E-state index contributed by atoms with van der Waals surface area (Å²) >= 11 is 0. The number of aromatic hydroxyl groups is 1. The second-order valence-corrected chi connectivity index (χ2v) is 7.21. The lowest BCUT2D eigenvalue weighted by Gasteiger charge is -2.15. The lowest BCUT2D eigenvalue weighted by Crippen LogP contribution is -2.22. The quantitative estimate of drug-likeness (QED) is 0.320. The van der Waals surface area contributed by atoms with Gasteiger partial charge in [0.1, 0.15) is 5.75 Å². The summed E-state index contributed by atoms with van der Waals surface area (Å²) in [4.78, 5) is 14.1. The number of benzene rings is 2. The predicted octanol–water partition coefficient (Wildman–Crippen LogP) is 3.53. The molecular formula is C23H29N3O3. The number of unbranched alkanes of at least 4 members (excludes halogenated alkanes) is 3. The molecule has 1 atom stereocenters. The van der Waals surface area contributed by atoms with Gasteiger partial charge < -0.3 is 25.8 Å². The molecule has 0 saturated heterocycles. The van der Waals surface area contributed by atoms with E-state index < -0.39 is 6.10 Å². The van der Waals surface area contributed by atoms with E-state index in [1.807, 2.05) is 18.2 Å². The molecule has 0 spiro atoms. The molecule has 5 N–H and O–H groups in total. The van der Waals surface area contributed by atoms with E-state index in [2.05, 4.69) is 27.8 Å². The van der Waals surface area contributed by atoms with E-state index >= 15 is 0 Å². The Labute approximate surface area is 170 Å². The lowest BCUT2D eigenvalue weighted by molar-refractivity contribution is 0.176. The van der Waals surface area contributed by atoms with Gasteiger partial charge in [0, 0.05) is 30.2 Å². The highest BCUT2D eigenvalue weighted by molar-refractivity contribution is 5.87. The predicted molar refractivity (Wildman–Crippen MR) is 117 cm³/mol. The van der Waals surface area contributed by atoms with Gasteiger partial charge in [0.2, 0.25) is 5.56 Å². The molecule has 0 aliphatic carbocycles. The molecule has 0 aliphatic heterocycles. The topological polar surface area (TPSA) is 97.4 Å². The van der Waals surface area contributed by atoms with E-state index in [0.717, 1.165) is 38.0 Å². The first-order chi connectivity index (χ1) is 14.1. The van der Waals surface area contributed by atoms with Crippen molar-refractivity contribution in [2.75, 3.05) is 25.0 Å². The number of phenolic OH excluding ortho intramolecular Hbond substituents is 1. The number of H-pyrrole nitrogens is 1. The summed E-state index contributed by atoms with van der Waals surface area (Å²) < 4.78 is 0. The highest BCUT2D eigenvalue weighted by atomic mass is 16.3. The number of nitrogens with one attached hydrogen (secondary N) is 3. The van der Waals surface area contributed by atoms with Crippen LogP contribution in [0.2, 0.25) is 0 Å². The van der Waals surface area contributed by atoms with E-state index in [1.165, 1.54) is 18.6 Å². The third kappa shape index (κ3) is 6.07. The second kappa shape index (κ2) is 10.6. The zero-order chi connectivity index (χ0) is 20.5. The molecular weight excluding hydrogens is 366 g/mol. The Morgan fingerprint density at radius 3 is 2.45 bits per heavy atom. The van der Waals surface area contributed by atoms with Crippen molar-refractivity contribution in [2.45, 2.75) is 31.8 Å². The van der Waals surface area contributed by atoms with Crippen LogP contribution < -0.4 is 16.2 Å². The number of aliphatic hydroxyl groups excluding tert-OH is 1. The highest BCUT2D eigenvalue weighted by Gasteiger charge is 2.13. The maximum Gasteiger partial charge on any atom is 0.248 e. The molecule has 6 nitrogen and oxygen atoms in total. The van der Waals surface area contributed by atoms with Crippen molar-refractivity contribution in [3.63, 3.8) is 0 Å². The molecule has 6 heteroatoms. The molecule has 154 valence electrons. The Hall–Kier alpha value is -2.83. The zero-order valence-corrected chi connectivity index (χ0v) is 16.5. The minimum Gasteiger partial charge on any atom is -0.506 e. The fourth-order valence-corrected chi connectivity index (χ4v) is 3.42. The van der Waals surface area contributed by atoms with E-state index in [1.54, 1.807) is 12.1 Å². The van der Waals surface area contributed by atoms with E-state index in [0.29, 0.717) is 23.0 Å². The van der Waals surface area contributed by atoms with Gasteiger partial charge in [-0.15, -0.1) is 0 Å². The average Bonchev–Trinajstić information content (AvgIpc) is 2.73. The smallest absolute Gasteiger partial charge is 0.248 e. The van der Waals surface area contributed by atoms with Gasteiger partial charge in [-0.3, -0.25) is 4.79 Å². The van der Waals surface area contributed by atoms with Gasteiger partial charge in [0.15, 0.2) is 0 Å². The molecule has 0 aliphatic rings. The zero-order valence-electron chi connectivity index (χ0n) is 16.5. The first-order valence-corrected chi connectivity index (χ1v) is 10.2. The first-order valence-electron chi connectivity index (χ1n) is 10.2. The molecule has 1 aromatic heterocycles. The third-order valence-electron chi connectivity index (χ3n) is 4.99. The van der Waals surface area contributed by atoms with Crippen molar-refractivity contribution < 1.29 is 10.2 Å². The van der Waals surface area contributed by atoms with Crippen LogP contribution in [-0.4, -0.2) is 34.8 Å². The Balaban J connectivity index is 1.34. The maximum absolute atomic E-state index is 11.5. The van der Waals surface area contributed by atoms with Crippen LogP contribution in [0.3, 0.4) is 0 Å². The monoisotopic (exact) mass is 395 g/mol. The van der Waals surface area contributed by atoms with Gasteiger partial charge in [0.25, 0.3) is 0 Å². The van der Waals surface area contributed by atoms with Crippen LogP contribution in [0, 0.1) is 0 Å². The minimum atomic E-state index is -0.709. The van der Waals surface area contributed by atoms with Crippen molar-refractivity contribution in [2.24, 2.45) is 0 Å². The summed E-state index contributed by atoms with van der Waals surface area (Å²) in [5, 5.41) is 27.8. The number of pyridine rings is 1. The van der Waals surface area contributed by atoms with Gasteiger partial charge in [-0.2, -0.15) is 0 Å². The molecule has 0 amide bonds. The number of phenols is 1. The van der Waals surface area contributed by atoms with Crippen molar-refractivity contribution >= 4 is 16.6 Å². The van der Waals surface area contributed by atoms with Crippen molar-refractivity contribution in [3.8, 4) is 5.75 Å². The molecule has 1 heterocycles.